The van der Waals surface area contributed by atoms with Crippen LogP contribution in [0.15, 0.2) is 18.2 Å². The molecule has 0 aliphatic rings. The fraction of sp³-hybridized carbons (Fsp3) is 0.333. The van der Waals surface area contributed by atoms with Gasteiger partial charge in [0.15, 0.2) is 0 Å². The van der Waals surface area contributed by atoms with Crippen LogP contribution in [0.4, 0.5) is 13.2 Å². The van der Waals surface area contributed by atoms with Crippen LogP contribution in [0.5, 0.6) is 0 Å². The molecule has 0 heterocycles. The van der Waals surface area contributed by atoms with Crippen LogP contribution in [0.1, 0.15) is 17.5 Å². The summed E-state index contributed by atoms with van der Waals surface area (Å²) in [7, 11) is 1.78. The lowest BCUT2D eigenvalue weighted by atomic mass is 10.1. The first kappa shape index (κ1) is 13.9. The van der Waals surface area contributed by atoms with Crippen LogP contribution in [0, 0.1) is 11.8 Å². The zero-order valence-corrected chi connectivity index (χ0v) is 9.91. The molecule has 5 heteroatoms. The lowest BCUT2D eigenvalue weighted by Crippen LogP contribution is -2.06. The third-order valence-corrected chi connectivity index (χ3v) is 2.35. The summed E-state index contributed by atoms with van der Waals surface area (Å²) in [5, 5.41) is 3.12. The van der Waals surface area contributed by atoms with Crippen molar-refractivity contribution in [2.45, 2.75) is 12.6 Å². The highest BCUT2D eigenvalue weighted by molar-refractivity contribution is 6.31. The van der Waals surface area contributed by atoms with Crippen molar-refractivity contribution in [3.8, 4) is 11.8 Å². The molecule has 0 spiro atoms. The molecule has 1 N–H and O–H groups in total. The summed E-state index contributed by atoms with van der Waals surface area (Å²) in [6, 6.07) is 3.13. The van der Waals surface area contributed by atoms with Crippen LogP contribution in [0.3, 0.4) is 0 Å². The summed E-state index contributed by atoms with van der Waals surface area (Å²) >= 11 is 5.77. The number of hydrogen-bond donors (Lipinski definition) is 1. The Morgan fingerprint density at radius 2 is 2.06 bits per heavy atom. The van der Waals surface area contributed by atoms with E-state index in [-0.39, 0.29) is 10.6 Å². The quantitative estimate of drug-likeness (QED) is 0.636. The number of hydrogen-bond acceptors (Lipinski definition) is 1. The highest BCUT2D eigenvalue weighted by Gasteiger charge is 2.30. The van der Waals surface area contributed by atoms with Gasteiger partial charge in [-0.1, -0.05) is 23.4 Å². The molecule has 0 amide bonds. The van der Waals surface area contributed by atoms with Gasteiger partial charge in [-0.25, -0.2) is 0 Å². The molecule has 0 aliphatic carbocycles. The van der Waals surface area contributed by atoms with Crippen molar-refractivity contribution in [2.75, 3.05) is 13.6 Å². The third kappa shape index (κ3) is 4.29. The molecule has 0 atom stereocenters. The molecule has 0 saturated heterocycles. The van der Waals surface area contributed by atoms with E-state index in [0.29, 0.717) is 13.0 Å². The van der Waals surface area contributed by atoms with Crippen LogP contribution in [-0.4, -0.2) is 13.6 Å². The first-order chi connectivity index (χ1) is 7.95. The molecule has 1 aromatic carbocycles. The fourth-order valence-electron chi connectivity index (χ4n) is 1.14. The van der Waals surface area contributed by atoms with E-state index in [4.69, 9.17) is 11.6 Å². The largest absolute Gasteiger partial charge is 0.416 e. The minimum atomic E-state index is -4.37. The van der Waals surface area contributed by atoms with Crippen LogP contribution < -0.4 is 5.32 Å². The molecule has 1 nitrogen and oxygen atoms in total. The first-order valence-electron chi connectivity index (χ1n) is 4.95. The van der Waals surface area contributed by atoms with Crippen molar-refractivity contribution in [3.63, 3.8) is 0 Å². The van der Waals surface area contributed by atoms with Gasteiger partial charge in [-0.3, -0.25) is 0 Å². The van der Waals surface area contributed by atoms with Crippen LogP contribution in [-0.2, 0) is 6.18 Å². The summed E-state index contributed by atoms with van der Waals surface area (Å²) in [4.78, 5) is 0. The average Bonchev–Trinajstić information content (AvgIpc) is 2.25. The maximum Gasteiger partial charge on any atom is 0.416 e. The Morgan fingerprint density at radius 3 is 2.65 bits per heavy atom. The van der Waals surface area contributed by atoms with Crippen LogP contribution in [0.2, 0.25) is 5.02 Å². The molecule has 1 rings (SSSR count). The average molecular weight is 262 g/mol. The molecule has 92 valence electrons. The van der Waals surface area contributed by atoms with E-state index in [1.165, 1.54) is 6.07 Å². The topological polar surface area (TPSA) is 12.0 Å². The SMILES string of the molecule is CNCCC#Cc1cc(C(F)(F)F)ccc1Cl. The molecule has 1 aromatic rings. The van der Waals surface area contributed by atoms with E-state index in [9.17, 15) is 13.2 Å². The maximum atomic E-state index is 12.4. The smallest absolute Gasteiger partial charge is 0.319 e. The van der Waals surface area contributed by atoms with Crippen molar-refractivity contribution >= 4 is 11.6 Å². The summed E-state index contributed by atoms with van der Waals surface area (Å²) in [6.07, 6.45) is -3.81. The highest BCUT2D eigenvalue weighted by atomic mass is 35.5. The van der Waals surface area contributed by atoms with Gasteiger partial charge >= 0.3 is 6.18 Å². The lowest BCUT2D eigenvalue weighted by Gasteiger charge is -2.07. The Hall–Kier alpha value is -1.18. The van der Waals surface area contributed by atoms with Gasteiger partial charge in [0.2, 0.25) is 0 Å². The van der Waals surface area contributed by atoms with Gasteiger partial charge in [-0.2, -0.15) is 13.2 Å². The Morgan fingerprint density at radius 1 is 1.35 bits per heavy atom. The Labute approximate surface area is 103 Å². The van der Waals surface area contributed by atoms with E-state index in [1.807, 2.05) is 0 Å². The van der Waals surface area contributed by atoms with Crippen LogP contribution in [0.25, 0.3) is 0 Å². The molecule has 0 aliphatic heterocycles. The number of alkyl halides is 3. The van der Waals surface area contributed by atoms with E-state index in [0.717, 1.165) is 12.1 Å². The molecular weight excluding hydrogens is 251 g/mol. The zero-order chi connectivity index (χ0) is 12.9. The molecule has 0 fully saturated rings. The zero-order valence-electron chi connectivity index (χ0n) is 9.16. The predicted molar refractivity (Wildman–Crippen MR) is 61.9 cm³/mol. The summed E-state index contributed by atoms with van der Waals surface area (Å²) in [6.45, 7) is 0.684. The molecule has 0 bridgehead atoms. The van der Waals surface area contributed by atoms with Crippen molar-refractivity contribution in [1.82, 2.24) is 5.32 Å². The molecular formula is C12H11ClF3N. The lowest BCUT2D eigenvalue weighted by molar-refractivity contribution is -0.137. The van der Waals surface area contributed by atoms with Gasteiger partial charge < -0.3 is 5.32 Å². The van der Waals surface area contributed by atoms with Crippen molar-refractivity contribution < 1.29 is 13.2 Å². The Kier molecular flexibility index (Phi) is 4.86. The van der Waals surface area contributed by atoms with Gasteiger partial charge in [-0.05, 0) is 25.2 Å². The number of rotatable bonds is 2. The second-order valence-electron chi connectivity index (χ2n) is 3.35. The molecule has 17 heavy (non-hydrogen) atoms. The van der Waals surface area contributed by atoms with Gasteiger partial charge in [0.25, 0.3) is 0 Å². The van der Waals surface area contributed by atoms with E-state index < -0.39 is 11.7 Å². The van der Waals surface area contributed by atoms with Gasteiger partial charge in [0.1, 0.15) is 0 Å². The fourth-order valence-corrected chi connectivity index (χ4v) is 1.31. The minimum absolute atomic E-state index is 0.206. The maximum absolute atomic E-state index is 12.4. The van der Waals surface area contributed by atoms with Crippen LogP contribution >= 0.6 is 11.6 Å². The number of nitrogens with one attached hydrogen (secondary N) is 1. The van der Waals surface area contributed by atoms with Crippen molar-refractivity contribution in [2.24, 2.45) is 0 Å². The van der Waals surface area contributed by atoms with Crippen molar-refractivity contribution in [3.05, 3.63) is 34.3 Å². The Balaban J connectivity index is 2.94. The summed E-state index contributed by atoms with van der Waals surface area (Å²) in [5.41, 5.74) is -0.530. The van der Waals surface area contributed by atoms with Crippen molar-refractivity contribution in [1.29, 1.82) is 0 Å². The minimum Gasteiger partial charge on any atom is -0.319 e. The standard InChI is InChI=1S/C12H11ClF3N/c1-17-7-3-2-4-9-8-10(12(14,15)16)5-6-11(9)13/h5-6,8,17H,3,7H2,1H3. The van der Waals surface area contributed by atoms with Gasteiger partial charge in [0, 0.05) is 18.5 Å². The predicted octanol–water partition coefficient (Wildman–Crippen LogP) is 3.32. The third-order valence-electron chi connectivity index (χ3n) is 2.02. The molecule has 0 saturated carbocycles. The highest BCUT2D eigenvalue weighted by Crippen LogP contribution is 2.31. The monoisotopic (exact) mass is 261 g/mol. The van der Waals surface area contributed by atoms with E-state index in [1.54, 1.807) is 7.05 Å². The molecule has 0 aromatic heterocycles. The Bertz CT molecular complexity index is 443. The normalized spacial score (nSPS) is 10.9. The summed E-state index contributed by atoms with van der Waals surface area (Å²) in [5.74, 6) is 5.40. The number of halogens is 4. The van der Waals surface area contributed by atoms with Gasteiger partial charge in [-0.15, -0.1) is 0 Å². The molecule has 0 unspecified atom stereocenters. The second-order valence-corrected chi connectivity index (χ2v) is 3.75. The molecule has 0 radical (unpaired) electrons. The van der Waals surface area contributed by atoms with E-state index >= 15 is 0 Å². The first-order valence-corrected chi connectivity index (χ1v) is 5.33. The summed E-state index contributed by atoms with van der Waals surface area (Å²) < 4.78 is 37.3. The van der Waals surface area contributed by atoms with Gasteiger partial charge in [0.05, 0.1) is 10.6 Å². The van der Waals surface area contributed by atoms with E-state index in [2.05, 4.69) is 17.2 Å². The number of benzene rings is 1. The second kappa shape index (κ2) is 5.95.